The van der Waals surface area contributed by atoms with Crippen molar-refractivity contribution < 1.29 is 14.3 Å². The van der Waals surface area contributed by atoms with Crippen LogP contribution in [0.1, 0.15) is 22.8 Å². The zero-order chi connectivity index (χ0) is 21.2. The number of carbonyl (C=O) groups is 1. The molecule has 0 bridgehead atoms. The number of thiocarbonyl (C=S) groups is 1. The van der Waals surface area contributed by atoms with Gasteiger partial charge in [0.15, 0.2) is 5.11 Å². The molecule has 0 saturated carbocycles. The zero-order valence-electron chi connectivity index (χ0n) is 16.8. The van der Waals surface area contributed by atoms with Crippen molar-refractivity contribution in [3.8, 4) is 11.5 Å². The first-order valence-electron chi connectivity index (χ1n) is 9.76. The highest BCUT2D eigenvalue weighted by atomic mass is 32.1. The van der Waals surface area contributed by atoms with E-state index in [2.05, 4.69) is 22.8 Å². The maximum absolute atomic E-state index is 12.6. The average Bonchev–Trinajstić information content (AvgIpc) is 2.76. The Bertz CT molecular complexity index is 993. The van der Waals surface area contributed by atoms with Crippen molar-refractivity contribution in [3.05, 3.63) is 90.0 Å². The van der Waals surface area contributed by atoms with Crippen molar-refractivity contribution in [2.24, 2.45) is 0 Å². The Labute approximate surface area is 182 Å². The Morgan fingerprint density at radius 3 is 2.50 bits per heavy atom. The van der Waals surface area contributed by atoms with E-state index in [9.17, 15) is 4.79 Å². The van der Waals surface area contributed by atoms with Gasteiger partial charge in [-0.05, 0) is 55.0 Å². The molecule has 0 fully saturated rings. The lowest BCUT2D eigenvalue weighted by Crippen LogP contribution is -2.34. The quantitative estimate of drug-likeness (QED) is 0.511. The smallest absolute Gasteiger partial charge is 0.257 e. The Balaban J connectivity index is 1.55. The first-order chi connectivity index (χ1) is 14.7. The Kier molecular flexibility index (Phi) is 7.80. The molecule has 0 aromatic heterocycles. The van der Waals surface area contributed by atoms with E-state index in [0.29, 0.717) is 36.0 Å². The van der Waals surface area contributed by atoms with Crippen LogP contribution >= 0.6 is 12.2 Å². The SMILES string of the molecule is CCOc1ccccc1NC(=S)NC(=O)c1cccc(OCCc2ccccc2)c1. The van der Waals surface area contributed by atoms with Gasteiger partial charge in [-0.15, -0.1) is 0 Å². The number of nitrogens with one attached hydrogen (secondary N) is 2. The summed E-state index contributed by atoms with van der Waals surface area (Å²) in [5, 5.41) is 5.90. The van der Waals surface area contributed by atoms with Gasteiger partial charge in [0.2, 0.25) is 0 Å². The third-order valence-corrected chi connectivity index (χ3v) is 4.46. The van der Waals surface area contributed by atoms with Crippen molar-refractivity contribution in [2.75, 3.05) is 18.5 Å². The predicted molar refractivity (Wildman–Crippen MR) is 123 cm³/mol. The summed E-state index contributed by atoms with van der Waals surface area (Å²) in [5.74, 6) is 1.000. The fraction of sp³-hybridized carbons (Fsp3) is 0.167. The molecule has 3 aromatic carbocycles. The van der Waals surface area contributed by atoms with Crippen LogP contribution < -0.4 is 20.1 Å². The van der Waals surface area contributed by atoms with Gasteiger partial charge in [-0.1, -0.05) is 48.5 Å². The highest BCUT2D eigenvalue weighted by Crippen LogP contribution is 2.23. The molecule has 3 aromatic rings. The van der Waals surface area contributed by atoms with Crippen LogP contribution in [0.25, 0.3) is 0 Å². The number of rotatable bonds is 8. The van der Waals surface area contributed by atoms with E-state index in [1.165, 1.54) is 5.56 Å². The highest BCUT2D eigenvalue weighted by Gasteiger charge is 2.11. The molecule has 0 heterocycles. The lowest BCUT2D eigenvalue weighted by atomic mass is 10.2. The predicted octanol–water partition coefficient (Wildman–Crippen LogP) is 4.83. The average molecular weight is 421 g/mol. The molecule has 0 aliphatic carbocycles. The van der Waals surface area contributed by atoms with Crippen LogP contribution in [0.5, 0.6) is 11.5 Å². The van der Waals surface area contributed by atoms with E-state index in [1.807, 2.05) is 55.5 Å². The summed E-state index contributed by atoms with van der Waals surface area (Å²) < 4.78 is 11.4. The van der Waals surface area contributed by atoms with Gasteiger partial charge in [0.05, 0.1) is 18.9 Å². The number of hydrogen-bond acceptors (Lipinski definition) is 4. The summed E-state index contributed by atoms with van der Waals surface area (Å²) in [5.41, 5.74) is 2.37. The topological polar surface area (TPSA) is 59.6 Å². The zero-order valence-corrected chi connectivity index (χ0v) is 17.6. The molecule has 0 aliphatic rings. The molecule has 30 heavy (non-hydrogen) atoms. The van der Waals surface area contributed by atoms with Crippen LogP contribution in [-0.4, -0.2) is 24.2 Å². The molecular weight excluding hydrogens is 396 g/mol. The number of hydrogen-bond donors (Lipinski definition) is 2. The monoisotopic (exact) mass is 420 g/mol. The van der Waals surface area contributed by atoms with Gasteiger partial charge in [0.1, 0.15) is 11.5 Å². The molecule has 3 rings (SSSR count). The molecule has 1 amide bonds. The maximum atomic E-state index is 12.6. The van der Waals surface area contributed by atoms with E-state index in [4.69, 9.17) is 21.7 Å². The summed E-state index contributed by atoms with van der Waals surface area (Å²) in [4.78, 5) is 12.6. The van der Waals surface area contributed by atoms with Crippen molar-refractivity contribution in [1.82, 2.24) is 5.32 Å². The van der Waals surface area contributed by atoms with Crippen molar-refractivity contribution in [1.29, 1.82) is 0 Å². The van der Waals surface area contributed by atoms with Crippen molar-refractivity contribution in [3.63, 3.8) is 0 Å². The molecular formula is C24H24N2O3S. The van der Waals surface area contributed by atoms with Gasteiger partial charge >= 0.3 is 0 Å². The van der Waals surface area contributed by atoms with Crippen molar-refractivity contribution in [2.45, 2.75) is 13.3 Å². The molecule has 0 atom stereocenters. The normalized spacial score (nSPS) is 10.2. The van der Waals surface area contributed by atoms with Gasteiger partial charge < -0.3 is 14.8 Å². The molecule has 5 nitrogen and oxygen atoms in total. The fourth-order valence-electron chi connectivity index (χ4n) is 2.84. The largest absolute Gasteiger partial charge is 0.493 e. The Hall–Kier alpha value is -3.38. The lowest BCUT2D eigenvalue weighted by Gasteiger charge is -2.14. The molecule has 0 spiro atoms. The van der Waals surface area contributed by atoms with Crippen LogP contribution in [-0.2, 0) is 6.42 Å². The molecule has 0 unspecified atom stereocenters. The molecule has 2 N–H and O–H groups in total. The number of ether oxygens (including phenoxy) is 2. The summed E-state index contributed by atoms with van der Waals surface area (Å²) in [6, 6.07) is 24.6. The minimum atomic E-state index is -0.310. The first-order valence-corrected chi connectivity index (χ1v) is 10.2. The molecule has 154 valence electrons. The number of para-hydroxylation sites is 2. The number of anilines is 1. The van der Waals surface area contributed by atoms with E-state index in [1.54, 1.807) is 18.2 Å². The third kappa shape index (κ3) is 6.32. The van der Waals surface area contributed by atoms with E-state index in [0.717, 1.165) is 6.42 Å². The second-order valence-corrected chi connectivity index (χ2v) is 6.86. The number of amides is 1. The van der Waals surface area contributed by atoms with Gasteiger partial charge in [0, 0.05) is 12.0 Å². The summed E-state index contributed by atoms with van der Waals surface area (Å²) in [7, 11) is 0. The highest BCUT2D eigenvalue weighted by molar-refractivity contribution is 7.80. The number of benzene rings is 3. The van der Waals surface area contributed by atoms with Crippen molar-refractivity contribution >= 4 is 28.9 Å². The van der Waals surface area contributed by atoms with Crippen LogP contribution in [0, 0.1) is 0 Å². The van der Waals surface area contributed by atoms with Gasteiger partial charge in [0.25, 0.3) is 5.91 Å². The standard InChI is InChI=1S/C24H24N2O3S/c1-2-28-22-14-7-6-13-21(22)25-24(30)26-23(27)19-11-8-12-20(17-19)29-16-15-18-9-4-3-5-10-18/h3-14,17H,2,15-16H2,1H3,(H2,25,26,27,30). The van der Waals surface area contributed by atoms with Gasteiger partial charge in [-0.25, -0.2) is 0 Å². The minimum Gasteiger partial charge on any atom is -0.493 e. The summed E-state index contributed by atoms with van der Waals surface area (Å²) in [6.45, 7) is 2.98. The molecule has 0 saturated heterocycles. The third-order valence-electron chi connectivity index (χ3n) is 4.26. The lowest BCUT2D eigenvalue weighted by molar-refractivity contribution is 0.0977. The van der Waals surface area contributed by atoms with Crippen LogP contribution in [0.4, 0.5) is 5.69 Å². The second-order valence-electron chi connectivity index (χ2n) is 6.45. The number of carbonyl (C=O) groups excluding carboxylic acids is 1. The summed E-state index contributed by atoms with van der Waals surface area (Å²) in [6.07, 6.45) is 0.796. The van der Waals surface area contributed by atoms with E-state index >= 15 is 0 Å². The van der Waals surface area contributed by atoms with Crippen LogP contribution in [0.3, 0.4) is 0 Å². The Morgan fingerprint density at radius 1 is 0.933 bits per heavy atom. The van der Waals surface area contributed by atoms with Crippen LogP contribution in [0.15, 0.2) is 78.9 Å². The molecule has 0 aliphatic heterocycles. The van der Waals surface area contributed by atoms with E-state index < -0.39 is 0 Å². The maximum Gasteiger partial charge on any atom is 0.257 e. The summed E-state index contributed by atoms with van der Waals surface area (Å²) >= 11 is 5.28. The second kappa shape index (κ2) is 11.0. The van der Waals surface area contributed by atoms with Gasteiger partial charge in [-0.3, -0.25) is 10.1 Å². The minimum absolute atomic E-state index is 0.197. The van der Waals surface area contributed by atoms with Crippen LogP contribution in [0.2, 0.25) is 0 Å². The fourth-order valence-corrected chi connectivity index (χ4v) is 3.04. The van der Waals surface area contributed by atoms with E-state index in [-0.39, 0.29) is 11.0 Å². The van der Waals surface area contributed by atoms with Gasteiger partial charge in [-0.2, -0.15) is 0 Å². The first kappa shape index (κ1) is 21.3. The Morgan fingerprint density at radius 2 is 1.70 bits per heavy atom. The molecule has 0 radical (unpaired) electrons. The molecule has 6 heteroatoms.